The van der Waals surface area contributed by atoms with Crippen molar-refractivity contribution in [3.8, 4) is 0 Å². The number of carboxylic acids is 1. The Labute approximate surface area is 77.9 Å². The highest BCUT2D eigenvalue weighted by molar-refractivity contribution is 5.78. The van der Waals surface area contributed by atoms with Crippen LogP contribution in [-0.2, 0) is 9.59 Å². The third-order valence-electron chi connectivity index (χ3n) is 1.66. The molecule has 0 unspecified atom stereocenters. The van der Waals surface area contributed by atoms with Crippen molar-refractivity contribution in [2.24, 2.45) is 0 Å². The van der Waals surface area contributed by atoms with E-state index in [-0.39, 0.29) is 19.0 Å². The molecule has 0 aliphatic heterocycles. The summed E-state index contributed by atoms with van der Waals surface area (Å²) >= 11 is 0. The summed E-state index contributed by atoms with van der Waals surface area (Å²) in [6.07, 6.45) is 0. The lowest BCUT2D eigenvalue weighted by molar-refractivity contribution is -0.139. The summed E-state index contributed by atoms with van der Waals surface area (Å²) in [5.41, 5.74) is 0. The predicted octanol–water partition coefficient (Wildman–Crippen LogP) is -0.519. The standard InChI is InChI=1S/C8H16N2O3/c1-4-10(6-8(12)13)5-7(11)9(2)3/h4-6H2,1-3H3,(H,12,13). The molecule has 0 saturated heterocycles. The van der Waals surface area contributed by atoms with Gasteiger partial charge in [0.15, 0.2) is 0 Å². The maximum atomic E-state index is 11.2. The lowest BCUT2D eigenvalue weighted by Crippen LogP contribution is -2.39. The fraction of sp³-hybridized carbons (Fsp3) is 0.750. The van der Waals surface area contributed by atoms with E-state index in [1.54, 1.807) is 19.0 Å². The van der Waals surface area contributed by atoms with Gasteiger partial charge in [-0.05, 0) is 6.54 Å². The van der Waals surface area contributed by atoms with E-state index in [1.807, 2.05) is 6.92 Å². The molecule has 0 spiro atoms. The molecule has 0 aromatic rings. The fourth-order valence-electron chi connectivity index (χ4n) is 0.804. The van der Waals surface area contributed by atoms with Crippen LogP contribution in [-0.4, -0.2) is 60.5 Å². The number of nitrogens with zero attached hydrogens (tertiary/aromatic N) is 2. The van der Waals surface area contributed by atoms with Gasteiger partial charge < -0.3 is 10.0 Å². The van der Waals surface area contributed by atoms with Gasteiger partial charge in [0.25, 0.3) is 0 Å². The highest BCUT2D eigenvalue weighted by atomic mass is 16.4. The number of likely N-dealkylation sites (N-methyl/N-ethyl adjacent to an activating group) is 2. The molecule has 0 heterocycles. The first-order chi connectivity index (χ1) is 5.97. The van der Waals surface area contributed by atoms with Gasteiger partial charge in [-0.1, -0.05) is 6.92 Å². The number of hydrogen-bond donors (Lipinski definition) is 1. The third-order valence-corrected chi connectivity index (χ3v) is 1.66. The molecule has 0 radical (unpaired) electrons. The maximum Gasteiger partial charge on any atom is 0.317 e. The molecule has 0 rings (SSSR count). The van der Waals surface area contributed by atoms with E-state index in [2.05, 4.69) is 0 Å². The molecular weight excluding hydrogens is 172 g/mol. The van der Waals surface area contributed by atoms with Crippen LogP contribution in [0.1, 0.15) is 6.92 Å². The average Bonchev–Trinajstić information content (AvgIpc) is 2.02. The minimum Gasteiger partial charge on any atom is -0.480 e. The number of rotatable bonds is 5. The van der Waals surface area contributed by atoms with Crippen LogP contribution in [0.3, 0.4) is 0 Å². The summed E-state index contributed by atoms with van der Waals surface area (Å²) < 4.78 is 0. The Hall–Kier alpha value is -1.10. The first-order valence-corrected chi connectivity index (χ1v) is 4.11. The molecule has 1 amide bonds. The van der Waals surface area contributed by atoms with E-state index in [4.69, 9.17) is 5.11 Å². The van der Waals surface area contributed by atoms with E-state index in [0.29, 0.717) is 6.54 Å². The van der Waals surface area contributed by atoms with Crippen molar-refractivity contribution in [1.82, 2.24) is 9.80 Å². The van der Waals surface area contributed by atoms with E-state index in [0.717, 1.165) is 0 Å². The minimum atomic E-state index is -0.909. The Morgan fingerprint density at radius 3 is 2.08 bits per heavy atom. The van der Waals surface area contributed by atoms with Gasteiger partial charge in [-0.25, -0.2) is 0 Å². The maximum absolute atomic E-state index is 11.2. The molecule has 0 fully saturated rings. The molecule has 0 aliphatic rings. The lowest BCUT2D eigenvalue weighted by atomic mass is 10.4. The largest absolute Gasteiger partial charge is 0.480 e. The Bertz CT molecular complexity index is 192. The monoisotopic (exact) mass is 188 g/mol. The molecule has 13 heavy (non-hydrogen) atoms. The lowest BCUT2D eigenvalue weighted by Gasteiger charge is -2.19. The van der Waals surface area contributed by atoms with Crippen molar-refractivity contribution in [3.05, 3.63) is 0 Å². The molecular formula is C8H16N2O3. The van der Waals surface area contributed by atoms with E-state index < -0.39 is 5.97 Å². The van der Waals surface area contributed by atoms with Gasteiger partial charge in [-0.2, -0.15) is 0 Å². The number of carbonyl (C=O) groups is 2. The van der Waals surface area contributed by atoms with Crippen LogP contribution in [0.15, 0.2) is 0 Å². The average molecular weight is 188 g/mol. The Kier molecular flexibility index (Phi) is 5.06. The van der Waals surface area contributed by atoms with Crippen LogP contribution >= 0.6 is 0 Å². The summed E-state index contributed by atoms with van der Waals surface area (Å²) in [5.74, 6) is -0.989. The molecule has 76 valence electrons. The number of carboxylic acid groups (broad SMARTS) is 1. The molecule has 0 aliphatic carbocycles. The number of aliphatic carboxylic acids is 1. The van der Waals surface area contributed by atoms with Crippen LogP contribution in [0.25, 0.3) is 0 Å². The van der Waals surface area contributed by atoms with E-state index >= 15 is 0 Å². The normalized spacial score (nSPS) is 10.2. The van der Waals surface area contributed by atoms with Gasteiger partial charge in [-0.15, -0.1) is 0 Å². The molecule has 5 nitrogen and oxygen atoms in total. The second-order valence-electron chi connectivity index (χ2n) is 2.99. The molecule has 0 saturated carbocycles. The number of hydrogen-bond acceptors (Lipinski definition) is 3. The molecule has 1 N–H and O–H groups in total. The van der Waals surface area contributed by atoms with Crippen LogP contribution in [0.2, 0.25) is 0 Å². The first-order valence-electron chi connectivity index (χ1n) is 4.11. The second-order valence-corrected chi connectivity index (χ2v) is 2.99. The van der Waals surface area contributed by atoms with Crippen LogP contribution in [0, 0.1) is 0 Å². The van der Waals surface area contributed by atoms with Crippen LogP contribution in [0.4, 0.5) is 0 Å². The topological polar surface area (TPSA) is 60.9 Å². The SMILES string of the molecule is CCN(CC(=O)O)CC(=O)N(C)C. The number of amides is 1. The fourth-order valence-corrected chi connectivity index (χ4v) is 0.804. The predicted molar refractivity (Wildman–Crippen MR) is 48.4 cm³/mol. The minimum absolute atomic E-state index is 0.0805. The van der Waals surface area contributed by atoms with Gasteiger partial charge >= 0.3 is 5.97 Å². The highest BCUT2D eigenvalue weighted by Gasteiger charge is 2.12. The van der Waals surface area contributed by atoms with E-state index in [1.165, 1.54) is 4.90 Å². The zero-order chi connectivity index (χ0) is 10.4. The van der Waals surface area contributed by atoms with Crippen molar-refractivity contribution in [1.29, 1.82) is 0 Å². The second kappa shape index (κ2) is 5.53. The first kappa shape index (κ1) is 11.9. The number of carbonyl (C=O) groups excluding carboxylic acids is 1. The van der Waals surface area contributed by atoms with Crippen molar-refractivity contribution in [2.75, 3.05) is 33.7 Å². The van der Waals surface area contributed by atoms with Gasteiger partial charge in [0.1, 0.15) is 0 Å². The Morgan fingerprint density at radius 2 is 1.77 bits per heavy atom. The van der Waals surface area contributed by atoms with Crippen molar-refractivity contribution in [2.45, 2.75) is 6.92 Å². The van der Waals surface area contributed by atoms with Crippen molar-refractivity contribution < 1.29 is 14.7 Å². The molecule has 5 heteroatoms. The summed E-state index contributed by atoms with van der Waals surface area (Å²) in [4.78, 5) is 24.6. The summed E-state index contributed by atoms with van der Waals surface area (Å²) in [7, 11) is 3.30. The Morgan fingerprint density at radius 1 is 1.23 bits per heavy atom. The molecule has 0 aromatic carbocycles. The quantitative estimate of drug-likeness (QED) is 0.630. The zero-order valence-corrected chi connectivity index (χ0v) is 8.28. The molecule has 0 atom stereocenters. The molecule has 0 aromatic heterocycles. The van der Waals surface area contributed by atoms with Gasteiger partial charge in [0.05, 0.1) is 13.1 Å². The van der Waals surface area contributed by atoms with Gasteiger partial charge in [-0.3, -0.25) is 14.5 Å². The highest BCUT2D eigenvalue weighted by Crippen LogP contribution is 1.89. The summed E-state index contributed by atoms with van der Waals surface area (Å²) in [6, 6.07) is 0. The Balaban J connectivity index is 3.97. The van der Waals surface area contributed by atoms with Crippen LogP contribution in [0.5, 0.6) is 0 Å². The summed E-state index contributed by atoms with van der Waals surface area (Å²) in [6.45, 7) is 2.46. The smallest absolute Gasteiger partial charge is 0.317 e. The van der Waals surface area contributed by atoms with Gasteiger partial charge in [0, 0.05) is 14.1 Å². The van der Waals surface area contributed by atoms with Crippen molar-refractivity contribution in [3.63, 3.8) is 0 Å². The zero-order valence-electron chi connectivity index (χ0n) is 8.28. The van der Waals surface area contributed by atoms with Crippen LogP contribution < -0.4 is 0 Å². The molecule has 0 bridgehead atoms. The third kappa shape index (κ3) is 5.19. The van der Waals surface area contributed by atoms with Crippen molar-refractivity contribution >= 4 is 11.9 Å². The van der Waals surface area contributed by atoms with Gasteiger partial charge in [0.2, 0.25) is 5.91 Å². The summed E-state index contributed by atoms with van der Waals surface area (Å²) in [5, 5.41) is 8.50. The van der Waals surface area contributed by atoms with E-state index in [9.17, 15) is 9.59 Å².